The van der Waals surface area contributed by atoms with E-state index in [2.05, 4.69) is 5.32 Å². The van der Waals surface area contributed by atoms with Gasteiger partial charge in [-0.25, -0.2) is 8.78 Å². The van der Waals surface area contributed by atoms with E-state index in [1.165, 1.54) is 7.11 Å². The van der Waals surface area contributed by atoms with Crippen LogP contribution in [0.15, 0.2) is 47.3 Å². The number of methoxy groups -OCH3 is 1. The third-order valence-corrected chi connectivity index (χ3v) is 5.90. The number of rotatable bonds is 7. The number of aryl methyl sites for hydroxylation is 1. The third kappa shape index (κ3) is 5.42. The predicted octanol–water partition coefficient (Wildman–Crippen LogP) is 2.01. The average Bonchev–Trinajstić information content (AvgIpc) is 3.10. The molecule has 3 rings (SSSR count). The van der Waals surface area contributed by atoms with E-state index >= 15 is 0 Å². The Kier molecular flexibility index (Phi) is 7.87. The molecule has 170 valence electrons. The number of hydrogen-bond acceptors (Lipinski definition) is 5. The topological polar surface area (TPSA) is 84.1 Å². The van der Waals surface area contributed by atoms with Crippen molar-refractivity contribution in [2.24, 2.45) is 0 Å². The molecule has 0 saturated carbocycles. The van der Waals surface area contributed by atoms with Crippen LogP contribution in [-0.2, 0) is 16.0 Å². The van der Waals surface area contributed by atoms with E-state index in [1.54, 1.807) is 6.08 Å². The standard InChI is InChI=1S/C24H21F2N3O3S/c1-3-15-4-6-16(7-5-15)12-21-23(31)29(20-9-8-17(25)13-19(20)26)24(33-21)18(14-27)22(30)28-10-11-32-2/h4-9,12-13H,3,10-11H2,1-2H3,(H,28,30)/b21-12-,24-18-. The molecular formula is C24H21F2N3O3S. The number of benzene rings is 2. The van der Waals surface area contributed by atoms with Gasteiger partial charge >= 0.3 is 0 Å². The maximum absolute atomic E-state index is 14.6. The molecule has 6 nitrogen and oxygen atoms in total. The maximum Gasteiger partial charge on any atom is 0.273 e. The summed E-state index contributed by atoms with van der Waals surface area (Å²) in [6.07, 6.45) is 2.46. The van der Waals surface area contributed by atoms with Crippen molar-refractivity contribution in [3.63, 3.8) is 0 Å². The zero-order valence-corrected chi connectivity index (χ0v) is 18.8. The van der Waals surface area contributed by atoms with E-state index in [9.17, 15) is 23.6 Å². The van der Waals surface area contributed by atoms with E-state index in [0.717, 1.165) is 45.6 Å². The molecule has 3 aromatic rings. The molecule has 9 heteroatoms. The highest BCUT2D eigenvalue weighted by Crippen LogP contribution is 2.12. The quantitative estimate of drug-likeness (QED) is 0.537. The number of amides is 1. The Morgan fingerprint density at radius 1 is 1.24 bits per heavy atom. The number of halogens is 2. The van der Waals surface area contributed by atoms with Crippen LogP contribution in [0.1, 0.15) is 18.1 Å². The van der Waals surface area contributed by atoms with Crippen LogP contribution in [-0.4, -0.2) is 30.7 Å². The minimum Gasteiger partial charge on any atom is -0.383 e. The molecule has 0 aliphatic carbocycles. The number of aromatic nitrogens is 1. The monoisotopic (exact) mass is 469 g/mol. The highest BCUT2D eigenvalue weighted by atomic mass is 32.1. The molecule has 0 aliphatic heterocycles. The van der Waals surface area contributed by atoms with Gasteiger partial charge in [0.05, 0.1) is 16.8 Å². The molecule has 1 N–H and O–H groups in total. The van der Waals surface area contributed by atoms with E-state index in [4.69, 9.17) is 4.74 Å². The van der Waals surface area contributed by atoms with Crippen molar-refractivity contribution in [2.45, 2.75) is 13.3 Å². The Morgan fingerprint density at radius 2 is 1.97 bits per heavy atom. The van der Waals surface area contributed by atoms with Crippen LogP contribution in [0.4, 0.5) is 8.78 Å². The molecule has 1 amide bonds. The summed E-state index contributed by atoms with van der Waals surface area (Å²) in [6, 6.07) is 12.1. The first-order valence-corrected chi connectivity index (χ1v) is 10.9. The zero-order chi connectivity index (χ0) is 24.0. The van der Waals surface area contributed by atoms with Gasteiger partial charge in [-0.3, -0.25) is 14.2 Å². The van der Waals surface area contributed by atoms with E-state index in [-0.39, 0.29) is 33.6 Å². The number of carbonyl (C=O) groups is 1. The van der Waals surface area contributed by atoms with Crippen LogP contribution < -0.4 is 20.1 Å². The molecule has 0 radical (unpaired) electrons. The SMILES string of the molecule is CCc1ccc(/C=c2\s/c(=C(/C#N)C(=O)NCCOC)n(-c3ccc(F)cc3F)c2=O)cc1. The highest BCUT2D eigenvalue weighted by Gasteiger charge is 2.19. The molecule has 0 spiro atoms. The molecule has 0 atom stereocenters. The van der Waals surface area contributed by atoms with E-state index in [1.807, 2.05) is 37.3 Å². The van der Waals surface area contributed by atoms with Gasteiger partial charge in [-0.1, -0.05) is 31.2 Å². The Labute approximate surface area is 192 Å². The van der Waals surface area contributed by atoms with Gasteiger partial charge in [0.25, 0.3) is 11.5 Å². The van der Waals surface area contributed by atoms with Gasteiger partial charge in [-0.2, -0.15) is 5.26 Å². The molecule has 33 heavy (non-hydrogen) atoms. The summed E-state index contributed by atoms with van der Waals surface area (Å²) in [6.45, 7) is 2.39. The fourth-order valence-corrected chi connectivity index (χ4v) is 4.18. The number of nitrogens with zero attached hydrogens (tertiary/aromatic N) is 2. The second kappa shape index (κ2) is 10.8. The van der Waals surface area contributed by atoms with Crippen LogP contribution in [0.3, 0.4) is 0 Å². The smallest absolute Gasteiger partial charge is 0.273 e. The molecule has 2 aromatic carbocycles. The van der Waals surface area contributed by atoms with Crippen molar-refractivity contribution in [1.29, 1.82) is 5.26 Å². The number of hydrogen-bond donors (Lipinski definition) is 1. The number of thiazole rings is 1. The Hall–Kier alpha value is -3.61. The lowest BCUT2D eigenvalue weighted by Gasteiger charge is -2.06. The largest absolute Gasteiger partial charge is 0.383 e. The molecule has 0 aliphatic rings. The Morgan fingerprint density at radius 3 is 2.58 bits per heavy atom. The number of nitrogens with one attached hydrogen (secondary N) is 1. The number of nitriles is 1. The summed E-state index contributed by atoms with van der Waals surface area (Å²) in [4.78, 5) is 25.9. The van der Waals surface area contributed by atoms with Gasteiger partial charge in [0.1, 0.15) is 22.4 Å². The fourth-order valence-electron chi connectivity index (χ4n) is 3.08. The molecule has 0 bridgehead atoms. The molecule has 0 unspecified atom stereocenters. The van der Waals surface area contributed by atoms with Crippen LogP contribution >= 0.6 is 11.3 Å². The van der Waals surface area contributed by atoms with Gasteiger partial charge in [0, 0.05) is 19.7 Å². The molecular weight excluding hydrogens is 448 g/mol. The summed E-state index contributed by atoms with van der Waals surface area (Å²) in [7, 11) is 1.46. The summed E-state index contributed by atoms with van der Waals surface area (Å²) in [5.41, 5.74) is 0.603. The first-order valence-electron chi connectivity index (χ1n) is 10.1. The third-order valence-electron chi connectivity index (χ3n) is 4.80. The number of carbonyl (C=O) groups excluding carboxylic acids is 1. The van der Waals surface area contributed by atoms with E-state index < -0.39 is 23.1 Å². The van der Waals surface area contributed by atoms with Gasteiger partial charge in [-0.15, -0.1) is 11.3 Å². The van der Waals surface area contributed by atoms with Crippen LogP contribution in [0.2, 0.25) is 0 Å². The lowest BCUT2D eigenvalue weighted by atomic mass is 10.1. The van der Waals surface area contributed by atoms with Crippen molar-refractivity contribution >= 4 is 28.9 Å². The van der Waals surface area contributed by atoms with Gasteiger partial charge < -0.3 is 10.1 Å². The molecule has 0 fully saturated rings. The summed E-state index contributed by atoms with van der Waals surface area (Å²) >= 11 is 0.882. The van der Waals surface area contributed by atoms with Gasteiger partial charge in [0.2, 0.25) is 0 Å². The first-order chi connectivity index (χ1) is 15.9. The summed E-state index contributed by atoms with van der Waals surface area (Å²) in [5, 5.41) is 12.2. The lowest BCUT2D eigenvalue weighted by molar-refractivity contribution is -0.115. The van der Waals surface area contributed by atoms with Crippen molar-refractivity contribution in [3.8, 4) is 11.8 Å². The minimum atomic E-state index is -0.993. The molecule has 1 aromatic heterocycles. The fraction of sp³-hybridized carbons (Fsp3) is 0.208. The van der Waals surface area contributed by atoms with Crippen LogP contribution in [0, 0.1) is 23.0 Å². The highest BCUT2D eigenvalue weighted by molar-refractivity contribution is 7.07. The van der Waals surface area contributed by atoms with Gasteiger partial charge in [0.15, 0.2) is 5.57 Å². The lowest BCUT2D eigenvalue weighted by Crippen LogP contribution is -2.35. The maximum atomic E-state index is 14.6. The summed E-state index contributed by atoms with van der Waals surface area (Å²) < 4.78 is 34.1. The second-order valence-electron chi connectivity index (χ2n) is 6.98. The second-order valence-corrected chi connectivity index (χ2v) is 8.01. The van der Waals surface area contributed by atoms with Crippen molar-refractivity contribution in [2.75, 3.05) is 20.3 Å². The van der Waals surface area contributed by atoms with Crippen molar-refractivity contribution in [1.82, 2.24) is 9.88 Å². The minimum absolute atomic E-state index is 0.0562. The molecule has 0 saturated heterocycles. The summed E-state index contributed by atoms with van der Waals surface area (Å²) in [5.74, 6) is -2.54. The van der Waals surface area contributed by atoms with Crippen molar-refractivity contribution in [3.05, 3.63) is 84.8 Å². The average molecular weight is 470 g/mol. The normalized spacial score (nSPS) is 12.4. The Bertz CT molecular complexity index is 1390. The van der Waals surface area contributed by atoms with Crippen LogP contribution in [0.25, 0.3) is 17.3 Å². The first kappa shape index (κ1) is 24.0. The van der Waals surface area contributed by atoms with E-state index in [0.29, 0.717) is 6.07 Å². The number of ether oxygens (including phenoxy) is 1. The molecule has 1 heterocycles. The Balaban J connectivity index is 2.30. The predicted molar refractivity (Wildman–Crippen MR) is 122 cm³/mol. The van der Waals surface area contributed by atoms with Crippen molar-refractivity contribution < 1.29 is 18.3 Å². The van der Waals surface area contributed by atoms with Crippen LogP contribution in [0.5, 0.6) is 0 Å². The van der Waals surface area contributed by atoms with Gasteiger partial charge in [-0.05, 0) is 35.8 Å². The zero-order valence-electron chi connectivity index (χ0n) is 18.0.